The number of benzene rings is 1. The Morgan fingerprint density at radius 2 is 2.10 bits per heavy atom. The van der Waals surface area contributed by atoms with Crippen molar-refractivity contribution in [3.63, 3.8) is 0 Å². The van der Waals surface area contributed by atoms with E-state index in [0.29, 0.717) is 6.42 Å². The standard InChI is InChI=1S/C16H21BrFN3/c1-4-16(19,12-7-6-8-13(18)9-12)10-14-15(17)11(3)20-21(14)5-2/h6-9H,4-5,10,19H2,1-3H3. The van der Waals surface area contributed by atoms with Crippen LogP contribution in [0.15, 0.2) is 28.7 Å². The third-order valence-corrected chi connectivity index (χ3v) is 5.00. The van der Waals surface area contributed by atoms with E-state index >= 15 is 0 Å². The molecule has 0 amide bonds. The molecule has 0 radical (unpaired) electrons. The van der Waals surface area contributed by atoms with Crippen molar-refractivity contribution < 1.29 is 4.39 Å². The van der Waals surface area contributed by atoms with Crippen LogP contribution in [0.4, 0.5) is 4.39 Å². The van der Waals surface area contributed by atoms with Gasteiger partial charge in [0.1, 0.15) is 5.82 Å². The van der Waals surface area contributed by atoms with Gasteiger partial charge in [0.25, 0.3) is 0 Å². The predicted molar refractivity (Wildman–Crippen MR) is 86.6 cm³/mol. The van der Waals surface area contributed by atoms with E-state index in [9.17, 15) is 4.39 Å². The molecule has 0 aliphatic heterocycles. The molecule has 1 heterocycles. The molecule has 21 heavy (non-hydrogen) atoms. The first-order valence-corrected chi connectivity index (χ1v) is 7.97. The molecule has 2 aromatic rings. The summed E-state index contributed by atoms with van der Waals surface area (Å²) in [4.78, 5) is 0. The van der Waals surface area contributed by atoms with Crippen molar-refractivity contribution in [3.05, 3.63) is 51.5 Å². The van der Waals surface area contributed by atoms with Gasteiger partial charge in [-0.05, 0) is 53.9 Å². The first-order chi connectivity index (χ1) is 9.91. The van der Waals surface area contributed by atoms with Gasteiger partial charge in [-0.3, -0.25) is 4.68 Å². The number of hydrogen-bond acceptors (Lipinski definition) is 2. The Balaban J connectivity index is 2.43. The molecular weight excluding hydrogens is 333 g/mol. The Morgan fingerprint density at radius 3 is 2.67 bits per heavy atom. The lowest BCUT2D eigenvalue weighted by molar-refractivity contribution is 0.405. The molecule has 114 valence electrons. The fourth-order valence-corrected chi connectivity index (χ4v) is 2.99. The molecule has 0 saturated heterocycles. The van der Waals surface area contributed by atoms with Gasteiger partial charge in [0.15, 0.2) is 0 Å². The normalized spacial score (nSPS) is 14.2. The van der Waals surface area contributed by atoms with E-state index < -0.39 is 5.54 Å². The minimum absolute atomic E-state index is 0.255. The molecule has 5 heteroatoms. The van der Waals surface area contributed by atoms with E-state index in [1.54, 1.807) is 6.07 Å². The average Bonchev–Trinajstić information content (AvgIpc) is 2.74. The van der Waals surface area contributed by atoms with E-state index in [2.05, 4.69) is 28.0 Å². The Morgan fingerprint density at radius 1 is 1.38 bits per heavy atom. The first-order valence-electron chi connectivity index (χ1n) is 7.18. The number of rotatable bonds is 5. The summed E-state index contributed by atoms with van der Waals surface area (Å²) < 4.78 is 16.5. The van der Waals surface area contributed by atoms with Crippen molar-refractivity contribution in [1.29, 1.82) is 0 Å². The van der Waals surface area contributed by atoms with Crippen LogP contribution >= 0.6 is 15.9 Å². The summed E-state index contributed by atoms with van der Waals surface area (Å²) in [5.41, 5.74) is 8.81. The highest BCUT2D eigenvalue weighted by Gasteiger charge is 2.29. The average molecular weight is 354 g/mol. The van der Waals surface area contributed by atoms with Crippen molar-refractivity contribution in [2.45, 2.75) is 45.7 Å². The largest absolute Gasteiger partial charge is 0.321 e. The summed E-state index contributed by atoms with van der Waals surface area (Å²) in [6.45, 7) is 6.82. The third kappa shape index (κ3) is 3.19. The van der Waals surface area contributed by atoms with E-state index in [1.165, 1.54) is 12.1 Å². The van der Waals surface area contributed by atoms with Crippen molar-refractivity contribution in [2.24, 2.45) is 5.73 Å². The molecule has 0 spiro atoms. The molecular formula is C16H21BrFN3. The lowest BCUT2D eigenvalue weighted by atomic mass is 9.84. The Labute approximate surface area is 133 Å². The van der Waals surface area contributed by atoms with Crippen LogP contribution in [0.3, 0.4) is 0 Å². The van der Waals surface area contributed by atoms with Gasteiger partial charge in [-0.15, -0.1) is 0 Å². The second-order valence-electron chi connectivity index (χ2n) is 5.36. The van der Waals surface area contributed by atoms with Crippen LogP contribution < -0.4 is 5.73 Å². The molecule has 2 rings (SSSR count). The van der Waals surface area contributed by atoms with Gasteiger partial charge in [0.05, 0.1) is 15.9 Å². The highest BCUT2D eigenvalue weighted by atomic mass is 79.9. The van der Waals surface area contributed by atoms with Crippen LogP contribution in [0.2, 0.25) is 0 Å². The third-order valence-electron chi connectivity index (χ3n) is 3.97. The SMILES string of the molecule is CCn1nc(C)c(Br)c1CC(N)(CC)c1cccc(F)c1. The second kappa shape index (κ2) is 6.28. The van der Waals surface area contributed by atoms with Gasteiger partial charge in [-0.2, -0.15) is 5.10 Å². The molecule has 1 aromatic heterocycles. The fourth-order valence-electron chi connectivity index (χ4n) is 2.57. The van der Waals surface area contributed by atoms with Crippen LogP contribution in [-0.2, 0) is 18.5 Å². The highest BCUT2D eigenvalue weighted by molar-refractivity contribution is 9.10. The molecule has 0 aliphatic carbocycles. The number of nitrogens with two attached hydrogens (primary N) is 1. The monoisotopic (exact) mass is 353 g/mol. The highest BCUT2D eigenvalue weighted by Crippen LogP contribution is 2.31. The maximum atomic E-state index is 13.5. The van der Waals surface area contributed by atoms with E-state index in [-0.39, 0.29) is 5.82 Å². The minimum Gasteiger partial charge on any atom is -0.321 e. The lowest BCUT2D eigenvalue weighted by Gasteiger charge is -2.29. The summed E-state index contributed by atoms with van der Waals surface area (Å²) >= 11 is 3.60. The van der Waals surface area contributed by atoms with Crippen LogP contribution in [0.1, 0.15) is 37.2 Å². The number of hydrogen-bond donors (Lipinski definition) is 1. The van der Waals surface area contributed by atoms with Crippen molar-refractivity contribution in [1.82, 2.24) is 9.78 Å². The summed E-state index contributed by atoms with van der Waals surface area (Å²) in [5, 5.41) is 4.50. The van der Waals surface area contributed by atoms with Crippen LogP contribution in [0, 0.1) is 12.7 Å². The molecule has 1 aromatic carbocycles. The quantitative estimate of drug-likeness (QED) is 0.885. The van der Waals surface area contributed by atoms with Gasteiger partial charge in [-0.25, -0.2) is 4.39 Å². The van der Waals surface area contributed by atoms with Gasteiger partial charge in [0.2, 0.25) is 0 Å². The van der Waals surface area contributed by atoms with Crippen LogP contribution in [0.25, 0.3) is 0 Å². The molecule has 1 unspecified atom stereocenters. The smallest absolute Gasteiger partial charge is 0.123 e. The van der Waals surface area contributed by atoms with Gasteiger partial charge in [0, 0.05) is 18.5 Å². The maximum Gasteiger partial charge on any atom is 0.123 e. The van der Waals surface area contributed by atoms with E-state index in [1.807, 2.05) is 24.6 Å². The topological polar surface area (TPSA) is 43.8 Å². The number of aryl methyl sites for hydroxylation is 2. The number of halogens is 2. The summed E-state index contributed by atoms with van der Waals surface area (Å²) in [5.74, 6) is -0.255. The minimum atomic E-state index is -0.607. The van der Waals surface area contributed by atoms with Crippen molar-refractivity contribution in [2.75, 3.05) is 0 Å². The fraction of sp³-hybridized carbons (Fsp3) is 0.438. The zero-order valence-corrected chi connectivity index (χ0v) is 14.2. The number of aromatic nitrogens is 2. The van der Waals surface area contributed by atoms with Crippen molar-refractivity contribution in [3.8, 4) is 0 Å². The lowest BCUT2D eigenvalue weighted by Crippen LogP contribution is -2.39. The second-order valence-corrected chi connectivity index (χ2v) is 6.15. The molecule has 0 bridgehead atoms. The van der Waals surface area contributed by atoms with E-state index in [0.717, 1.165) is 34.4 Å². The molecule has 2 N–H and O–H groups in total. The Bertz CT molecular complexity index is 638. The molecule has 0 aliphatic rings. The predicted octanol–water partition coefficient (Wildman–Crippen LogP) is 3.92. The first kappa shape index (κ1) is 16.2. The Kier molecular flexibility index (Phi) is 4.84. The summed E-state index contributed by atoms with van der Waals surface area (Å²) in [6, 6.07) is 6.56. The molecule has 1 atom stereocenters. The van der Waals surface area contributed by atoms with Gasteiger partial charge < -0.3 is 5.73 Å². The zero-order chi connectivity index (χ0) is 15.6. The molecule has 3 nitrogen and oxygen atoms in total. The van der Waals surface area contributed by atoms with Crippen molar-refractivity contribution >= 4 is 15.9 Å². The van der Waals surface area contributed by atoms with Gasteiger partial charge >= 0.3 is 0 Å². The molecule has 0 fully saturated rings. The van der Waals surface area contributed by atoms with Crippen LogP contribution in [0.5, 0.6) is 0 Å². The summed E-state index contributed by atoms with van der Waals surface area (Å²) in [6.07, 6.45) is 1.33. The van der Waals surface area contributed by atoms with E-state index in [4.69, 9.17) is 5.73 Å². The zero-order valence-electron chi connectivity index (χ0n) is 12.7. The maximum absolute atomic E-state index is 13.5. The number of nitrogens with zero attached hydrogens (tertiary/aromatic N) is 2. The summed E-state index contributed by atoms with van der Waals surface area (Å²) in [7, 11) is 0. The van der Waals surface area contributed by atoms with Gasteiger partial charge in [-0.1, -0.05) is 19.1 Å². The molecule has 0 saturated carbocycles. The Hall–Kier alpha value is -1.20. The van der Waals surface area contributed by atoms with Crippen LogP contribution in [-0.4, -0.2) is 9.78 Å².